The molecular weight excluding hydrogens is 402 g/mol. The van der Waals surface area contributed by atoms with Gasteiger partial charge in [0.15, 0.2) is 0 Å². The molecule has 3 unspecified atom stereocenters. The molecule has 28 heavy (non-hydrogen) atoms. The SMILES string of the molecule is Cc1nn(C)c(C)c1S(=O)(=O)NC(C)C(=O)NC1C2CCCC1CC(N)C2.Cl. The summed E-state index contributed by atoms with van der Waals surface area (Å²) in [5, 5.41) is 7.26. The zero-order valence-electron chi connectivity index (χ0n) is 16.9. The lowest BCUT2D eigenvalue weighted by Gasteiger charge is -2.45. The first kappa shape index (κ1) is 23.1. The Morgan fingerprint density at radius 3 is 2.32 bits per heavy atom. The number of carbonyl (C=O) groups is 1. The summed E-state index contributed by atoms with van der Waals surface area (Å²) in [5.74, 6) is 0.501. The van der Waals surface area contributed by atoms with Crippen molar-refractivity contribution in [2.24, 2.45) is 24.6 Å². The second kappa shape index (κ2) is 8.69. The molecule has 2 aliphatic rings. The first-order valence-corrected chi connectivity index (χ1v) is 11.2. The fourth-order valence-corrected chi connectivity index (χ4v) is 6.44. The Balaban J connectivity index is 0.00000280. The van der Waals surface area contributed by atoms with Crippen molar-refractivity contribution in [2.75, 3.05) is 0 Å². The van der Waals surface area contributed by atoms with Crippen LogP contribution in [0, 0.1) is 25.7 Å². The second-order valence-electron chi connectivity index (χ2n) is 8.18. The lowest BCUT2D eigenvalue weighted by atomic mass is 9.67. The smallest absolute Gasteiger partial charge is 0.244 e. The predicted molar refractivity (Wildman–Crippen MR) is 110 cm³/mol. The van der Waals surface area contributed by atoms with Crippen LogP contribution in [0.3, 0.4) is 0 Å². The molecule has 2 aliphatic carbocycles. The van der Waals surface area contributed by atoms with Crippen molar-refractivity contribution >= 4 is 28.3 Å². The Labute approximate surface area is 173 Å². The Kier molecular flexibility index (Phi) is 7.17. The molecule has 0 spiro atoms. The molecule has 4 N–H and O–H groups in total. The molecule has 0 saturated heterocycles. The van der Waals surface area contributed by atoms with E-state index in [0.717, 1.165) is 25.7 Å². The molecule has 160 valence electrons. The van der Waals surface area contributed by atoms with Crippen LogP contribution in [0.2, 0.25) is 0 Å². The lowest BCUT2D eigenvalue weighted by molar-refractivity contribution is -0.124. The van der Waals surface area contributed by atoms with Gasteiger partial charge < -0.3 is 11.1 Å². The summed E-state index contributed by atoms with van der Waals surface area (Å²) < 4.78 is 29.6. The molecule has 2 fully saturated rings. The minimum atomic E-state index is -3.83. The maximum Gasteiger partial charge on any atom is 0.244 e. The summed E-state index contributed by atoms with van der Waals surface area (Å²) in [6.45, 7) is 4.93. The van der Waals surface area contributed by atoms with Gasteiger partial charge in [0.1, 0.15) is 4.90 Å². The molecule has 3 rings (SSSR count). The Bertz CT molecular complexity index is 811. The van der Waals surface area contributed by atoms with Crippen molar-refractivity contribution in [1.82, 2.24) is 19.8 Å². The van der Waals surface area contributed by atoms with Gasteiger partial charge >= 0.3 is 0 Å². The van der Waals surface area contributed by atoms with Gasteiger partial charge in [0, 0.05) is 19.1 Å². The number of hydrogen-bond acceptors (Lipinski definition) is 5. The number of fused-ring (bicyclic) bond motifs is 2. The van der Waals surface area contributed by atoms with Crippen molar-refractivity contribution < 1.29 is 13.2 Å². The van der Waals surface area contributed by atoms with E-state index in [1.54, 1.807) is 27.8 Å². The quantitative estimate of drug-likeness (QED) is 0.643. The third-order valence-corrected chi connectivity index (χ3v) is 7.91. The predicted octanol–water partition coefficient (Wildman–Crippen LogP) is 1.15. The topological polar surface area (TPSA) is 119 Å². The standard InChI is InChI=1S/C18H31N5O3S.ClH/c1-10-17(12(3)23(4)21-10)27(25,26)22-11(2)18(24)20-16-13-6-5-7-14(16)9-15(19)8-13;/h11,13-16,22H,5-9,19H2,1-4H3,(H,20,24);1H. The van der Waals surface area contributed by atoms with Crippen molar-refractivity contribution in [3.05, 3.63) is 11.4 Å². The lowest BCUT2D eigenvalue weighted by Crippen LogP contribution is -2.57. The largest absolute Gasteiger partial charge is 0.351 e. The van der Waals surface area contributed by atoms with E-state index in [2.05, 4.69) is 15.1 Å². The number of carbonyl (C=O) groups excluding carboxylic acids is 1. The summed E-state index contributed by atoms with van der Waals surface area (Å²) in [6.07, 6.45) is 5.17. The average Bonchev–Trinajstić information content (AvgIpc) is 2.80. The van der Waals surface area contributed by atoms with Crippen LogP contribution < -0.4 is 15.8 Å². The number of rotatable bonds is 5. The monoisotopic (exact) mass is 433 g/mol. The van der Waals surface area contributed by atoms with Crippen LogP contribution in [0.4, 0.5) is 0 Å². The Hall–Kier alpha value is -1.16. The summed E-state index contributed by atoms with van der Waals surface area (Å²) in [6, 6.07) is -0.550. The van der Waals surface area contributed by atoms with Crippen LogP contribution in [0.15, 0.2) is 4.90 Å². The molecule has 1 amide bonds. The normalized spacial score (nSPS) is 28.3. The van der Waals surface area contributed by atoms with Crippen LogP contribution in [0.25, 0.3) is 0 Å². The van der Waals surface area contributed by atoms with E-state index in [4.69, 9.17) is 5.73 Å². The molecule has 0 aromatic carbocycles. The van der Waals surface area contributed by atoms with Crippen LogP contribution >= 0.6 is 12.4 Å². The maximum absolute atomic E-state index is 12.8. The van der Waals surface area contributed by atoms with E-state index in [1.165, 1.54) is 11.1 Å². The minimum Gasteiger partial charge on any atom is -0.351 e. The van der Waals surface area contributed by atoms with Gasteiger partial charge in [-0.1, -0.05) is 6.42 Å². The summed E-state index contributed by atoms with van der Waals surface area (Å²) in [4.78, 5) is 12.9. The summed E-state index contributed by atoms with van der Waals surface area (Å²) in [5.41, 5.74) is 7.11. The van der Waals surface area contributed by atoms with E-state index in [1.807, 2.05) is 0 Å². The number of halogens is 1. The molecule has 0 radical (unpaired) electrons. The number of amides is 1. The van der Waals surface area contributed by atoms with Gasteiger partial charge in [-0.05, 0) is 58.3 Å². The number of nitrogens with zero attached hydrogens (tertiary/aromatic N) is 2. The second-order valence-corrected chi connectivity index (χ2v) is 9.83. The van der Waals surface area contributed by atoms with Gasteiger partial charge in [-0.3, -0.25) is 9.48 Å². The van der Waals surface area contributed by atoms with Crippen molar-refractivity contribution in [3.8, 4) is 0 Å². The van der Waals surface area contributed by atoms with Crippen molar-refractivity contribution in [1.29, 1.82) is 0 Å². The number of sulfonamides is 1. The molecule has 8 nitrogen and oxygen atoms in total. The molecule has 2 saturated carbocycles. The highest BCUT2D eigenvalue weighted by atomic mass is 35.5. The van der Waals surface area contributed by atoms with E-state index in [0.29, 0.717) is 23.2 Å². The van der Waals surface area contributed by atoms with Crippen LogP contribution in [0.5, 0.6) is 0 Å². The third kappa shape index (κ3) is 4.53. The van der Waals surface area contributed by atoms with E-state index in [-0.39, 0.29) is 35.3 Å². The molecule has 10 heteroatoms. The fraction of sp³-hybridized carbons (Fsp3) is 0.778. The first-order valence-electron chi connectivity index (χ1n) is 9.68. The summed E-state index contributed by atoms with van der Waals surface area (Å²) >= 11 is 0. The van der Waals surface area contributed by atoms with Gasteiger partial charge in [0.05, 0.1) is 17.4 Å². The number of hydrogen-bond donors (Lipinski definition) is 3. The zero-order chi connectivity index (χ0) is 19.9. The third-order valence-electron chi connectivity index (χ3n) is 6.12. The number of aromatic nitrogens is 2. The Morgan fingerprint density at radius 1 is 1.25 bits per heavy atom. The summed E-state index contributed by atoms with van der Waals surface area (Å²) in [7, 11) is -2.13. The molecule has 1 heterocycles. The maximum atomic E-state index is 12.8. The zero-order valence-corrected chi connectivity index (χ0v) is 18.6. The molecule has 1 aromatic heterocycles. The van der Waals surface area contributed by atoms with Gasteiger partial charge in [-0.2, -0.15) is 9.82 Å². The van der Waals surface area contributed by atoms with Gasteiger partial charge in [0.25, 0.3) is 0 Å². The molecule has 2 bridgehead atoms. The molecule has 3 atom stereocenters. The number of nitrogens with two attached hydrogens (primary N) is 1. The molecular formula is C18H32ClN5O3S. The van der Waals surface area contributed by atoms with Gasteiger partial charge in [-0.15, -0.1) is 12.4 Å². The number of nitrogens with one attached hydrogen (secondary N) is 2. The van der Waals surface area contributed by atoms with Crippen LogP contribution in [0.1, 0.15) is 50.4 Å². The molecule has 0 aliphatic heterocycles. The fourth-order valence-electron chi connectivity index (χ4n) is 4.80. The highest BCUT2D eigenvalue weighted by Crippen LogP contribution is 2.39. The van der Waals surface area contributed by atoms with Gasteiger partial charge in [0.2, 0.25) is 15.9 Å². The van der Waals surface area contributed by atoms with E-state index < -0.39 is 16.1 Å². The minimum absolute atomic E-state index is 0. The van der Waals surface area contributed by atoms with Crippen molar-refractivity contribution in [2.45, 2.75) is 75.9 Å². The number of aryl methyl sites for hydroxylation is 2. The van der Waals surface area contributed by atoms with Crippen LogP contribution in [-0.4, -0.2) is 42.2 Å². The average molecular weight is 434 g/mol. The first-order chi connectivity index (χ1) is 12.6. The highest BCUT2D eigenvalue weighted by molar-refractivity contribution is 7.89. The molecule has 1 aromatic rings. The van der Waals surface area contributed by atoms with E-state index >= 15 is 0 Å². The van der Waals surface area contributed by atoms with Crippen LogP contribution in [-0.2, 0) is 21.9 Å². The van der Waals surface area contributed by atoms with Crippen molar-refractivity contribution in [3.63, 3.8) is 0 Å². The Morgan fingerprint density at radius 2 is 1.82 bits per heavy atom. The van der Waals surface area contributed by atoms with E-state index in [9.17, 15) is 13.2 Å². The highest BCUT2D eigenvalue weighted by Gasteiger charge is 2.40. The van der Waals surface area contributed by atoms with Gasteiger partial charge in [-0.25, -0.2) is 8.42 Å².